The Morgan fingerprint density at radius 3 is 2.75 bits per heavy atom. The van der Waals surface area contributed by atoms with Gasteiger partial charge in [-0.05, 0) is 30.9 Å². The van der Waals surface area contributed by atoms with Gasteiger partial charge in [-0.1, -0.05) is 0 Å². The minimum Gasteiger partial charge on any atom is -0.398 e. The maximum atomic E-state index is 14.1. The van der Waals surface area contributed by atoms with Gasteiger partial charge in [0.15, 0.2) is 0 Å². The van der Waals surface area contributed by atoms with Crippen LogP contribution in [0.5, 0.6) is 0 Å². The summed E-state index contributed by atoms with van der Waals surface area (Å²) < 4.78 is 14.1. The monoisotopic (exact) mass is 279 g/mol. The van der Waals surface area contributed by atoms with Gasteiger partial charge in [0, 0.05) is 24.7 Å². The maximum Gasteiger partial charge on any atom is 0.250 e. The second-order valence-corrected chi connectivity index (χ2v) is 5.73. The normalized spacial score (nSPS) is 28.7. The van der Waals surface area contributed by atoms with Gasteiger partial charge in [0.25, 0.3) is 5.91 Å². The predicted molar refractivity (Wildman–Crippen MR) is 73.8 cm³/mol. The molecule has 6 heteroatoms. The van der Waals surface area contributed by atoms with Crippen LogP contribution in [-0.4, -0.2) is 30.2 Å². The third-order valence-electron chi connectivity index (χ3n) is 4.54. The van der Waals surface area contributed by atoms with E-state index in [1.54, 1.807) is 0 Å². The van der Waals surface area contributed by atoms with Gasteiger partial charge in [-0.3, -0.25) is 4.79 Å². The first-order valence-electron chi connectivity index (χ1n) is 6.79. The number of benzene rings is 1. The Morgan fingerprint density at radius 2 is 2.10 bits per heavy atom. The fraction of sp³-hybridized carbons (Fsp3) is 0.500. The van der Waals surface area contributed by atoms with Gasteiger partial charge in [-0.25, -0.2) is 4.39 Å². The third-order valence-corrected chi connectivity index (χ3v) is 4.54. The summed E-state index contributed by atoms with van der Waals surface area (Å²) in [7, 11) is 0. The molecule has 1 amide bonds. The fourth-order valence-corrected chi connectivity index (χ4v) is 3.47. The van der Waals surface area contributed by atoms with Crippen molar-refractivity contribution in [2.75, 3.05) is 23.7 Å². The summed E-state index contributed by atoms with van der Waals surface area (Å²) in [5.74, 6) is -0.548. The largest absolute Gasteiger partial charge is 0.398 e. The predicted octanol–water partition coefficient (Wildman–Crippen LogP) is 0.714. The lowest BCUT2D eigenvalue weighted by Crippen LogP contribution is -2.26. The van der Waals surface area contributed by atoms with Gasteiger partial charge >= 0.3 is 0 Å². The molecule has 0 aromatic heterocycles. The molecule has 1 aliphatic heterocycles. The van der Waals surface area contributed by atoms with Gasteiger partial charge in [0.2, 0.25) is 0 Å². The number of anilines is 2. The van der Waals surface area contributed by atoms with Crippen molar-refractivity contribution in [2.24, 2.45) is 17.6 Å². The summed E-state index contributed by atoms with van der Waals surface area (Å²) in [4.78, 5) is 13.2. The Labute approximate surface area is 116 Å². The molecule has 5 N–H and O–H groups in total. The molecule has 2 fully saturated rings. The molecular weight excluding hydrogens is 261 g/mol. The molecule has 1 aromatic rings. The van der Waals surface area contributed by atoms with Crippen LogP contribution in [0.25, 0.3) is 0 Å². The molecule has 20 heavy (non-hydrogen) atoms. The first-order valence-corrected chi connectivity index (χ1v) is 6.79. The molecule has 1 heterocycles. The van der Waals surface area contributed by atoms with Crippen LogP contribution in [-0.2, 0) is 0 Å². The number of aliphatic hydroxyl groups excluding tert-OH is 1. The van der Waals surface area contributed by atoms with E-state index in [-0.39, 0.29) is 23.3 Å². The average Bonchev–Trinajstić information content (AvgIpc) is 2.92. The summed E-state index contributed by atoms with van der Waals surface area (Å²) in [6.07, 6.45) is 1.47. The highest BCUT2D eigenvalue weighted by Crippen LogP contribution is 2.40. The SMILES string of the molecule is NC(=O)c1cc(N2CC3CCC(O)C3C2)c(F)cc1N. The molecule has 0 radical (unpaired) electrons. The number of carbonyl (C=O) groups is 1. The van der Waals surface area contributed by atoms with Crippen molar-refractivity contribution in [1.82, 2.24) is 0 Å². The molecule has 3 atom stereocenters. The second kappa shape index (κ2) is 4.63. The molecule has 1 aromatic carbocycles. The van der Waals surface area contributed by atoms with E-state index in [1.165, 1.54) is 6.07 Å². The minimum atomic E-state index is -0.664. The minimum absolute atomic E-state index is 0.0539. The van der Waals surface area contributed by atoms with E-state index < -0.39 is 11.7 Å². The molecule has 0 spiro atoms. The number of halogens is 1. The van der Waals surface area contributed by atoms with Gasteiger partial charge in [0.05, 0.1) is 17.4 Å². The van der Waals surface area contributed by atoms with Crippen molar-refractivity contribution >= 4 is 17.3 Å². The van der Waals surface area contributed by atoms with Crippen LogP contribution in [0.2, 0.25) is 0 Å². The van der Waals surface area contributed by atoms with Crippen LogP contribution in [0.15, 0.2) is 12.1 Å². The zero-order chi connectivity index (χ0) is 14.4. The number of rotatable bonds is 2. The van der Waals surface area contributed by atoms with E-state index in [2.05, 4.69) is 0 Å². The molecule has 0 bridgehead atoms. The zero-order valence-electron chi connectivity index (χ0n) is 11.1. The number of hydrogen-bond acceptors (Lipinski definition) is 4. The van der Waals surface area contributed by atoms with E-state index in [4.69, 9.17) is 11.5 Å². The standard InChI is InChI=1S/C14H18FN3O2/c15-10-4-11(16)8(14(17)20)3-12(10)18-5-7-1-2-13(19)9(7)6-18/h3-4,7,9,13,19H,1-2,5-6,16H2,(H2,17,20). The number of fused-ring (bicyclic) bond motifs is 1. The highest BCUT2D eigenvalue weighted by Gasteiger charge is 2.42. The lowest BCUT2D eigenvalue weighted by atomic mass is 10.00. The van der Waals surface area contributed by atoms with Crippen molar-refractivity contribution in [2.45, 2.75) is 18.9 Å². The van der Waals surface area contributed by atoms with Gasteiger partial charge in [-0.2, -0.15) is 0 Å². The lowest BCUT2D eigenvalue weighted by Gasteiger charge is -2.22. The molecule has 1 aliphatic carbocycles. The van der Waals surface area contributed by atoms with Crippen LogP contribution >= 0.6 is 0 Å². The topological polar surface area (TPSA) is 92.6 Å². The van der Waals surface area contributed by atoms with Crippen molar-refractivity contribution in [3.8, 4) is 0 Å². The molecule has 1 saturated carbocycles. The number of nitrogens with two attached hydrogens (primary N) is 2. The Kier molecular flexibility index (Phi) is 3.05. The van der Waals surface area contributed by atoms with Crippen LogP contribution in [0, 0.1) is 17.7 Å². The molecule has 1 saturated heterocycles. The first-order chi connectivity index (χ1) is 9.47. The number of amides is 1. The fourth-order valence-electron chi connectivity index (χ4n) is 3.47. The van der Waals surface area contributed by atoms with E-state index in [0.717, 1.165) is 18.9 Å². The van der Waals surface area contributed by atoms with E-state index in [9.17, 15) is 14.3 Å². The summed E-state index contributed by atoms with van der Waals surface area (Å²) in [6, 6.07) is 2.56. The molecule has 3 rings (SSSR count). The van der Waals surface area contributed by atoms with E-state index >= 15 is 0 Å². The van der Waals surface area contributed by atoms with Crippen LogP contribution in [0.1, 0.15) is 23.2 Å². The summed E-state index contributed by atoms with van der Waals surface area (Å²) in [6.45, 7) is 1.30. The van der Waals surface area contributed by atoms with Crippen molar-refractivity contribution in [3.63, 3.8) is 0 Å². The summed E-state index contributed by atoms with van der Waals surface area (Å²) >= 11 is 0. The smallest absolute Gasteiger partial charge is 0.250 e. The lowest BCUT2D eigenvalue weighted by molar-refractivity contribution is 0.100. The van der Waals surface area contributed by atoms with Crippen LogP contribution in [0.4, 0.5) is 15.8 Å². The Morgan fingerprint density at radius 1 is 1.35 bits per heavy atom. The van der Waals surface area contributed by atoms with E-state index in [0.29, 0.717) is 24.7 Å². The number of hydrogen-bond donors (Lipinski definition) is 3. The molecule has 2 aliphatic rings. The van der Waals surface area contributed by atoms with Crippen molar-refractivity contribution < 1.29 is 14.3 Å². The average molecular weight is 279 g/mol. The Hall–Kier alpha value is -1.82. The molecule has 108 valence electrons. The van der Waals surface area contributed by atoms with Gasteiger partial charge < -0.3 is 21.5 Å². The highest BCUT2D eigenvalue weighted by molar-refractivity contribution is 5.99. The van der Waals surface area contributed by atoms with Crippen molar-refractivity contribution in [1.29, 1.82) is 0 Å². The molecular formula is C14H18FN3O2. The van der Waals surface area contributed by atoms with Gasteiger partial charge in [-0.15, -0.1) is 0 Å². The zero-order valence-corrected chi connectivity index (χ0v) is 11.1. The number of nitrogen functional groups attached to an aromatic ring is 1. The Balaban J connectivity index is 1.91. The summed E-state index contributed by atoms with van der Waals surface area (Å²) in [5, 5.41) is 9.91. The number of aliphatic hydroxyl groups is 1. The van der Waals surface area contributed by atoms with Crippen LogP contribution < -0.4 is 16.4 Å². The van der Waals surface area contributed by atoms with Gasteiger partial charge in [0.1, 0.15) is 5.82 Å². The third kappa shape index (κ3) is 2.00. The molecule has 5 nitrogen and oxygen atoms in total. The number of carbonyl (C=O) groups excluding carboxylic acids is 1. The number of nitrogens with zero attached hydrogens (tertiary/aromatic N) is 1. The first kappa shape index (κ1) is 13.2. The quantitative estimate of drug-likeness (QED) is 0.695. The van der Waals surface area contributed by atoms with Crippen molar-refractivity contribution in [3.05, 3.63) is 23.5 Å². The molecule has 3 unspecified atom stereocenters. The van der Waals surface area contributed by atoms with Crippen LogP contribution in [0.3, 0.4) is 0 Å². The van der Waals surface area contributed by atoms with E-state index in [1.807, 2.05) is 4.90 Å². The number of primary amides is 1. The summed E-state index contributed by atoms with van der Waals surface area (Å²) in [5.41, 5.74) is 11.4. The Bertz CT molecular complexity index is 564. The second-order valence-electron chi connectivity index (χ2n) is 5.73. The highest BCUT2D eigenvalue weighted by atomic mass is 19.1. The maximum absolute atomic E-state index is 14.1.